The summed E-state index contributed by atoms with van der Waals surface area (Å²) >= 11 is 0. The van der Waals surface area contributed by atoms with Gasteiger partial charge in [-0.25, -0.2) is 0 Å². The minimum absolute atomic E-state index is 0.0399. The molecule has 2 atom stereocenters. The Morgan fingerprint density at radius 1 is 1.05 bits per heavy atom. The molecule has 6 aliphatic rings. The SMILES string of the molecule is O=C(NC12CC3CC(CC1C3)C2)c1nnc2cccccc1-2. The summed E-state index contributed by atoms with van der Waals surface area (Å²) in [6, 6.07) is 9.64. The predicted octanol–water partition coefficient (Wildman–Crippen LogP) is 2.89. The molecule has 4 fully saturated rings. The molecule has 4 nitrogen and oxygen atoms in total. The lowest BCUT2D eigenvalue weighted by atomic mass is 9.80. The minimum Gasteiger partial charge on any atom is -0.345 e. The van der Waals surface area contributed by atoms with Crippen molar-refractivity contribution in [2.24, 2.45) is 17.8 Å². The highest BCUT2D eigenvalue weighted by atomic mass is 16.2. The summed E-state index contributed by atoms with van der Waals surface area (Å²) in [6.07, 6.45) is 6.32. The summed E-state index contributed by atoms with van der Waals surface area (Å²) in [7, 11) is 0. The lowest BCUT2D eigenvalue weighted by molar-refractivity contribution is 0.0870. The van der Waals surface area contributed by atoms with E-state index in [9.17, 15) is 4.79 Å². The largest absolute Gasteiger partial charge is 0.345 e. The first-order valence-corrected chi connectivity index (χ1v) is 8.27. The molecule has 0 aromatic carbocycles. The Labute approximate surface area is 129 Å². The van der Waals surface area contributed by atoms with Crippen molar-refractivity contribution in [3.8, 4) is 11.3 Å². The molecule has 5 aliphatic carbocycles. The molecule has 2 unspecified atom stereocenters. The molecule has 1 heterocycles. The number of rotatable bonds is 2. The molecule has 0 spiro atoms. The Bertz CT molecular complexity index is 714. The molecule has 0 radical (unpaired) electrons. The summed E-state index contributed by atoms with van der Waals surface area (Å²) in [4.78, 5) is 12.8. The van der Waals surface area contributed by atoms with Crippen LogP contribution in [0.25, 0.3) is 11.3 Å². The van der Waals surface area contributed by atoms with Gasteiger partial charge in [0, 0.05) is 11.1 Å². The summed E-state index contributed by atoms with van der Waals surface area (Å²) in [6.45, 7) is 0. The van der Waals surface area contributed by atoms with Gasteiger partial charge in [0.05, 0.1) is 5.69 Å². The minimum atomic E-state index is -0.0399. The van der Waals surface area contributed by atoms with Crippen LogP contribution in [0.3, 0.4) is 0 Å². The number of aromatic nitrogens is 2. The van der Waals surface area contributed by atoms with Crippen LogP contribution >= 0.6 is 0 Å². The van der Waals surface area contributed by atoms with Crippen LogP contribution in [0.1, 0.15) is 42.6 Å². The second-order valence-corrected chi connectivity index (χ2v) is 7.41. The fraction of sp³-hybridized carbons (Fsp3) is 0.500. The van der Waals surface area contributed by atoms with Crippen molar-refractivity contribution in [3.05, 3.63) is 36.0 Å². The molecule has 4 saturated carbocycles. The molecule has 112 valence electrons. The number of carbonyl (C=O) groups excluding carboxylic acids is 1. The Kier molecular flexibility index (Phi) is 2.44. The van der Waals surface area contributed by atoms with Crippen LogP contribution in [0, 0.1) is 17.8 Å². The maximum absolute atomic E-state index is 12.8. The van der Waals surface area contributed by atoms with Crippen LogP contribution in [-0.4, -0.2) is 21.6 Å². The highest BCUT2D eigenvalue weighted by Gasteiger charge is 2.58. The molecule has 0 aromatic heterocycles. The van der Waals surface area contributed by atoms with Gasteiger partial charge in [-0.3, -0.25) is 4.79 Å². The topological polar surface area (TPSA) is 54.9 Å². The van der Waals surface area contributed by atoms with E-state index in [-0.39, 0.29) is 11.4 Å². The van der Waals surface area contributed by atoms with Crippen LogP contribution in [0.2, 0.25) is 0 Å². The van der Waals surface area contributed by atoms with Gasteiger partial charge in [-0.2, -0.15) is 0 Å². The van der Waals surface area contributed by atoms with Gasteiger partial charge in [-0.1, -0.05) is 24.3 Å². The van der Waals surface area contributed by atoms with E-state index in [0.29, 0.717) is 11.6 Å². The second-order valence-electron chi connectivity index (χ2n) is 7.41. The Morgan fingerprint density at radius 2 is 1.82 bits per heavy atom. The van der Waals surface area contributed by atoms with Crippen LogP contribution in [-0.2, 0) is 0 Å². The maximum Gasteiger partial charge on any atom is 0.272 e. The van der Waals surface area contributed by atoms with Gasteiger partial charge in [0.15, 0.2) is 5.69 Å². The first kappa shape index (κ1) is 12.6. The number of fused-ring (bicyclic) bond motifs is 1. The maximum atomic E-state index is 12.8. The van der Waals surface area contributed by atoms with E-state index in [0.717, 1.165) is 23.1 Å². The van der Waals surface area contributed by atoms with Crippen molar-refractivity contribution in [2.75, 3.05) is 0 Å². The average molecular weight is 293 g/mol. The van der Waals surface area contributed by atoms with E-state index in [4.69, 9.17) is 0 Å². The number of amides is 1. The van der Waals surface area contributed by atoms with Crippen molar-refractivity contribution < 1.29 is 4.79 Å². The zero-order chi connectivity index (χ0) is 14.7. The molecule has 1 amide bonds. The molecule has 1 N–H and O–H groups in total. The first-order valence-electron chi connectivity index (χ1n) is 8.27. The van der Waals surface area contributed by atoms with Gasteiger partial charge < -0.3 is 5.32 Å². The molecule has 1 aliphatic heterocycles. The van der Waals surface area contributed by atoms with Gasteiger partial charge in [0.1, 0.15) is 0 Å². The van der Waals surface area contributed by atoms with E-state index in [1.807, 2.05) is 30.3 Å². The highest BCUT2D eigenvalue weighted by molar-refractivity contribution is 5.99. The van der Waals surface area contributed by atoms with Crippen molar-refractivity contribution in [1.82, 2.24) is 15.5 Å². The number of nitrogens with one attached hydrogen (secondary N) is 1. The number of hydrogen-bond donors (Lipinski definition) is 1. The lowest BCUT2D eigenvalue weighted by Crippen LogP contribution is -2.49. The third kappa shape index (κ3) is 1.67. The standard InChI is InChI=1S/C18H19N3O/c22-17(16-14-4-2-1-3-5-15(14)20-21-16)19-18-9-11-6-12(10-18)8-13(18)7-11/h1-5,11-13H,6-10H2,(H,19,22). The molecule has 4 heteroatoms. The average Bonchev–Trinajstić information content (AvgIpc) is 2.98. The van der Waals surface area contributed by atoms with E-state index >= 15 is 0 Å². The smallest absolute Gasteiger partial charge is 0.272 e. The normalized spacial score (nSPS) is 35.2. The fourth-order valence-corrected chi connectivity index (χ4v) is 5.44. The molecule has 4 bridgehead atoms. The van der Waals surface area contributed by atoms with Crippen molar-refractivity contribution in [2.45, 2.75) is 37.6 Å². The lowest BCUT2D eigenvalue weighted by Gasteiger charge is -2.33. The molecule has 22 heavy (non-hydrogen) atoms. The Balaban J connectivity index is 1.46. The summed E-state index contributed by atoms with van der Waals surface area (Å²) in [5, 5.41) is 11.7. The zero-order valence-corrected chi connectivity index (χ0v) is 12.5. The molecule has 0 saturated heterocycles. The van der Waals surface area contributed by atoms with Gasteiger partial charge in [0.2, 0.25) is 0 Å². The van der Waals surface area contributed by atoms with E-state index in [2.05, 4.69) is 15.5 Å². The quantitative estimate of drug-likeness (QED) is 0.926. The molecule has 0 aromatic rings. The van der Waals surface area contributed by atoms with Crippen molar-refractivity contribution in [3.63, 3.8) is 0 Å². The van der Waals surface area contributed by atoms with Crippen molar-refractivity contribution in [1.29, 1.82) is 0 Å². The van der Waals surface area contributed by atoms with Crippen molar-refractivity contribution >= 4 is 5.91 Å². The number of nitrogens with zero attached hydrogens (tertiary/aromatic N) is 2. The Hall–Kier alpha value is -1.97. The monoisotopic (exact) mass is 293 g/mol. The summed E-state index contributed by atoms with van der Waals surface area (Å²) < 4.78 is 0. The summed E-state index contributed by atoms with van der Waals surface area (Å²) in [5.41, 5.74) is 2.15. The number of hydrogen-bond acceptors (Lipinski definition) is 3. The van der Waals surface area contributed by atoms with Crippen LogP contribution in [0.5, 0.6) is 0 Å². The second kappa shape index (κ2) is 4.28. The van der Waals surface area contributed by atoms with E-state index < -0.39 is 0 Å². The first-order chi connectivity index (χ1) is 10.7. The molecular formula is C18H19N3O. The molecule has 6 rings (SSSR count). The van der Waals surface area contributed by atoms with E-state index in [1.165, 1.54) is 32.1 Å². The van der Waals surface area contributed by atoms with Crippen LogP contribution in [0.4, 0.5) is 0 Å². The van der Waals surface area contributed by atoms with Gasteiger partial charge in [-0.15, -0.1) is 10.2 Å². The van der Waals surface area contributed by atoms with Gasteiger partial charge in [0.25, 0.3) is 5.91 Å². The fourth-order valence-electron chi connectivity index (χ4n) is 5.44. The predicted molar refractivity (Wildman–Crippen MR) is 82.4 cm³/mol. The third-order valence-electron chi connectivity index (χ3n) is 6.10. The van der Waals surface area contributed by atoms with Gasteiger partial charge in [-0.05, 0) is 55.9 Å². The molecular weight excluding hydrogens is 274 g/mol. The van der Waals surface area contributed by atoms with Crippen LogP contribution in [0.15, 0.2) is 30.3 Å². The summed E-state index contributed by atoms with van der Waals surface area (Å²) in [5.74, 6) is 2.31. The van der Waals surface area contributed by atoms with Gasteiger partial charge >= 0.3 is 0 Å². The van der Waals surface area contributed by atoms with E-state index in [1.54, 1.807) is 0 Å². The highest BCUT2D eigenvalue weighted by Crippen LogP contribution is 2.60. The zero-order valence-electron chi connectivity index (χ0n) is 12.5. The number of carbonyl (C=O) groups is 1. The Morgan fingerprint density at radius 3 is 2.64 bits per heavy atom. The third-order valence-corrected chi connectivity index (χ3v) is 6.10. The van der Waals surface area contributed by atoms with Crippen LogP contribution < -0.4 is 5.32 Å².